The van der Waals surface area contributed by atoms with E-state index in [-0.39, 0.29) is 12.8 Å². The van der Waals surface area contributed by atoms with E-state index in [0.717, 1.165) is 16.8 Å². The minimum absolute atomic E-state index is 0.00713. The second kappa shape index (κ2) is 13.5. The number of rotatable bonds is 3. The second-order valence-electron chi connectivity index (χ2n) is 10.0. The van der Waals surface area contributed by atoms with Gasteiger partial charge in [0.15, 0.2) is 0 Å². The van der Waals surface area contributed by atoms with Gasteiger partial charge >= 0.3 is 5.97 Å². The topological polar surface area (TPSA) is 106 Å². The van der Waals surface area contributed by atoms with Crippen molar-refractivity contribution in [3.05, 3.63) is 47.3 Å². The van der Waals surface area contributed by atoms with Crippen molar-refractivity contribution in [2.45, 2.75) is 84.7 Å². The number of carbonyl (C=O) groups is 2. The highest BCUT2D eigenvalue weighted by molar-refractivity contribution is 5.88. The largest absolute Gasteiger partial charge is 0.457 e. The molecule has 196 valence electrons. The van der Waals surface area contributed by atoms with Crippen LogP contribution in [-0.2, 0) is 19.1 Å². The first-order chi connectivity index (χ1) is 17.0. The number of cyclic esters (lactones) is 1. The van der Waals surface area contributed by atoms with E-state index in [2.05, 4.69) is 10.9 Å². The van der Waals surface area contributed by atoms with Crippen LogP contribution in [0.25, 0.3) is 6.08 Å². The molecule has 2 heterocycles. The Balaban J connectivity index is 2.38. The Bertz CT molecular complexity index is 991. The molecule has 7 nitrogen and oxygen atoms in total. The predicted octanol–water partition coefficient (Wildman–Crippen LogP) is 3.89. The first-order valence-corrected chi connectivity index (χ1v) is 12.4. The molecular formula is C29H39NO6. The third-order valence-corrected chi connectivity index (χ3v) is 6.80. The third kappa shape index (κ3) is 8.12. The van der Waals surface area contributed by atoms with Crippen LogP contribution in [0.4, 0.5) is 0 Å². The van der Waals surface area contributed by atoms with Crippen molar-refractivity contribution < 1.29 is 29.3 Å². The Kier molecular flexibility index (Phi) is 11.0. The first-order valence-electron chi connectivity index (χ1n) is 12.4. The molecule has 0 bridgehead atoms. The van der Waals surface area contributed by atoms with Gasteiger partial charge in [-0.3, -0.25) is 14.6 Å². The van der Waals surface area contributed by atoms with Gasteiger partial charge < -0.3 is 19.7 Å². The van der Waals surface area contributed by atoms with Crippen molar-refractivity contribution in [2.75, 3.05) is 6.61 Å². The number of nitrogens with zero attached hydrogens (tertiary/aromatic N) is 1. The van der Waals surface area contributed by atoms with Crippen LogP contribution in [0.15, 0.2) is 41.6 Å². The van der Waals surface area contributed by atoms with Crippen LogP contribution in [0.1, 0.15) is 66.0 Å². The normalized spacial score (nSPS) is 30.6. The lowest BCUT2D eigenvalue weighted by atomic mass is 9.72. The number of hydrogen-bond donors (Lipinski definition) is 2. The fraction of sp³-hybridized carbons (Fsp3) is 0.552. The van der Waals surface area contributed by atoms with E-state index < -0.39 is 47.5 Å². The molecule has 1 aliphatic heterocycles. The first kappa shape index (κ1) is 29.4. The highest BCUT2D eigenvalue weighted by Crippen LogP contribution is 2.32. The Labute approximate surface area is 214 Å². The van der Waals surface area contributed by atoms with E-state index in [1.54, 1.807) is 27.0 Å². The maximum absolute atomic E-state index is 13.4. The van der Waals surface area contributed by atoms with E-state index in [1.807, 2.05) is 44.2 Å². The number of esters is 1. The number of aliphatic hydroxyl groups excluding tert-OH is 2. The Morgan fingerprint density at radius 3 is 2.67 bits per heavy atom. The number of aliphatic hydroxyl groups is 2. The Hall–Kier alpha value is -2.79. The number of ether oxygens (including phenoxy) is 2. The van der Waals surface area contributed by atoms with Crippen molar-refractivity contribution in [3.63, 3.8) is 0 Å². The van der Waals surface area contributed by atoms with Gasteiger partial charge in [0.2, 0.25) is 0 Å². The second-order valence-corrected chi connectivity index (χ2v) is 10.0. The van der Waals surface area contributed by atoms with Crippen LogP contribution in [0.3, 0.4) is 0 Å². The van der Waals surface area contributed by atoms with Crippen LogP contribution in [0.5, 0.6) is 0 Å². The molecule has 2 rings (SSSR count). The van der Waals surface area contributed by atoms with Crippen molar-refractivity contribution in [2.24, 2.45) is 11.3 Å². The van der Waals surface area contributed by atoms with Gasteiger partial charge in [-0.05, 0) is 51.0 Å². The fourth-order valence-electron chi connectivity index (χ4n) is 4.11. The Morgan fingerprint density at radius 1 is 1.31 bits per heavy atom. The van der Waals surface area contributed by atoms with E-state index in [4.69, 9.17) is 15.9 Å². The van der Waals surface area contributed by atoms with Crippen molar-refractivity contribution in [1.29, 1.82) is 0 Å². The van der Waals surface area contributed by atoms with Gasteiger partial charge in [-0.15, -0.1) is 12.3 Å². The lowest BCUT2D eigenvalue weighted by Gasteiger charge is -2.35. The summed E-state index contributed by atoms with van der Waals surface area (Å²) in [6.45, 7) is 8.97. The third-order valence-electron chi connectivity index (χ3n) is 6.80. The van der Waals surface area contributed by atoms with Crippen LogP contribution in [0, 0.1) is 23.7 Å². The summed E-state index contributed by atoms with van der Waals surface area (Å²) in [5, 5.41) is 21.8. The van der Waals surface area contributed by atoms with E-state index >= 15 is 0 Å². The van der Waals surface area contributed by atoms with Gasteiger partial charge in [-0.25, -0.2) is 0 Å². The van der Waals surface area contributed by atoms with E-state index in [9.17, 15) is 19.8 Å². The van der Waals surface area contributed by atoms with Gasteiger partial charge in [0.05, 0.1) is 48.4 Å². The molecule has 0 radical (unpaired) electrons. The molecule has 0 saturated heterocycles. The zero-order chi connectivity index (χ0) is 26.9. The molecule has 0 aromatic carbocycles. The number of carbonyl (C=O) groups excluding carboxylic acids is 2. The molecule has 7 heteroatoms. The number of hydrogen-bond acceptors (Lipinski definition) is 7. The molecule has 0 unspecified atom stereocenters. The standard InChI is InChI=1S/C29H39NO6/c1-7-10-23-27(33)21(4)35-16-14-19(2)12-13-24(20(3)17-22-11-8-9-15-30-22)36-26(32)18-25(31)29(5,6)28(23)34/h1,8-9,11-12,15,17,21,23-25,27,31,33H,10,13-14,16,18H2,2-6H3/b19-12-,20-17+/t21-,23-,24+,25+,27-/m1/s1. The molecule has 36 heavy (non-hydrogen) atoms. The van der Waals surface area contributed by atoms with Gasteiger partial charge in [0.1, 0.15) is 11.9 Å². The summed E-state index contributed by atoms with van der Waals surface area (Å²) in [6.07, 6.45) is 8.02. The molecule has 0 amide bonds. The molecule has 5 atom stereocenters. The SMILES string of the molecule is C#CC[C@H]1C(=O)C(C)(C)[C@@H](O)CC(=O)O[C@H](/C(C)=C/c2ccccn2)C/C=C(/C)CCO[C@H](C)[C@H]1O. The van der Waals surface area contributed by atoms with Crippen LogP contribution in [0.2, 0.25) is 0 Å². The number of aromatic nitrogens is 1. The minimum atomic E-state index is -1.34. The number of pyridine rings is 1. The zero-order valence-corrected chi connectivity index (χ0v) is 21.9. The molecular weight excluding hydrogens is 458 g/mol. The molecule has 2 N–H and O–H groups in total. The molecule has 0 fully saturated rings. The van der Waals surface area contributed by atoms with Crippen molar-refractivity contribution in [1.82, 2.24) is 4.98 Å². The predicted molar refractivity (Wildman–Crippen MR) is 139 cm³/mol. The monoisotopic (exact) mass is 497 g/mol. The molecule has 1 aromatic heterocycles. The fourth-order valence-corrected chi connectivity index (χ4v) is 4.11. The minimum Gasteiger partial charge on any atom is -0.457 e. The summed E-state index contributed by atoms with van der Waals surface area (Å²) in [6, 6.07) is 5.56. The van der Waals surface area contributed by atoms with Gasteiger partial charge in [-0.1, -0.05) is 31.6 Å². The van der Waals surface area contributed by atoms with Crippen LogP contribution >= 0.6 is 0 Å². The molecule has 0 spiro atoms. The van der Waals surface area contributed by atoms with Crippen LogP contribution < -0.4 is 0 Å². The quantitative estimate of drug-likeness (QED) is 0.371. The average Bonchev–Trinajstić information content (AvgIpc) is 2.84. The highest BCUT2D eigenvalue weighted by Gasteiger charge is 2.44. The molecule has 0 saturated carbocycles. The van der Waals surface area contributed by atoms with E-state index in [0.29, 0.717) is 19.4 Å². The summed E-state index contributed by atoms with van der Waals surface area (Å²) in [7, 11) is 0. The maximum atomic E-state index is 13.4. The molecule has 0 aliphatic carbocycles. The Morgan fingerprint density at radius 2 is 2.03 bits per heavy atom. The van der Waals surface area contributed by atoms with E-state index in [1.165, 1.54) is 0 Å². The van der Waals surface area contributed by atoms with Crippen molar-refractivity contribution >= 4 is 17.8 Å². The number of Topliss-reactive ketones (excluding diaryl/α,β-unsaturated/α-hetero) is 1. The van der Waals surface area contributed by atoms with Gasteiger partial charge in [0.25, 0.3) is 0 Å². The lowest BCUT2D eigenvalue weighted by molar-refractivity contribution is -0.155. The molecule has 1 aliphatic rings. The van der Waals surface area contributed by atoms with Gasteiger partial charge in [0, 0.05) is 19.0 Å². The highest BCUT2D eigenvalue weighted by atomic mass is 16.5. The number of terminal acetylenes is 1. The summed E-state index contributed by atoms with van der Waals surface area (Å²) >= 11 is 0. The lowest BCUT2D eigenvalue weighted by Crippen LogP contribution is -2.48. The smallest absolute Gasteiger partial charge is 0.309 e. The van der Waals surface area contributed by atoms with Gasteiger partial charge in [-0.2, -0.15) is 0 Å². The molecule has 1 aromatic rings. The summed E-state index contributed by atoms with van der Waals surface area (Å²) in [4.78, 5) is 30.6. The average molecular weight is 498 g/mol. The van der Waals surface area contributed by atoms with Crippen molar-refractivity contribution in [3.8, 4) is 12.3 Å². The summed E-state index contributed by atoms with van der Waals surface area (Å²) < 4.78 is 11.6. The maximum Gasteiger partial charge on any atom is 0.309 e. The van der Waals surface area contributed by atoms with Crippen LogP contribution in [-0.4, -0.2) is 58.0 Å². The summed E-state index contributed by atoms with van der Waals surface area (Å²) in [5.74, 6) is 0.469. The zero-order valence-electron chi connectivity index (χ0n) is 21.9. The number of ketones is 1. The summed E-state index contributed by atoms with van der Waals surface area (Å²) in [5.41, 5.74) is 1.24.